The Hall–Kier alpha value is -1.20. The molecule has 0 aromatic rings. The molecule has 28 heavy (non-hydrogen) atoms. The van der Waals surface area contributed by atoms with Crippen molar-refractivity contribution in [3.8, 4) is 0 Å². The molecule has 4 aliphatic carbocycles. The summed E-state index contributed by atoms with van der Waals surface area (Å²) in [5.41, 5.74) is 1.42. The van der Waals surface area contributed by atoms with Crippen molar-refractivity contribution in [1.29, 1.82) is 0 Å². The van der Waals surface area contributed by atoms with Gasteiger partial charge in [0.05, 0.1) is 13.2 Å². The first-order valence-corrected chi connectivity index (χ1v) is 10.8. The van der Waals surface area contributed by atoms with E-state index in [4.69, 9.17) is 14.2 Å². The zero-order chi connectivity index (χ0) is 20.1. The topological polar surface area (TPSA) is 61.8 Å². The Kier molecular flexibility index (Phi) is 5.20. The predicted molar refractivity (Wildman–Crippen MR) is 104 cm³/mol. The van der Waals surface area contributed by atoms with E-state index in [9.17, 15) is 9.59 Å². The van der Waals surface area contributed by atoms with E-state index in [0.29, 0.717) is 31.0 Å². The first-order valence-electron chi connectivity index (χ1n) is 10.8. The van der Waals surface area contributed by atoms with Crippen LogP contribution in [0.2, 0.25) is 0 Å². The highest BCUT2D eigenvalue weighted by atomic mass is 16.7. The summed E-state index contributed by atoms with van der Waals surface area (Å²) in [6.07, 6.45) is 9.41. The van der Waals surface area contributed by atoms with Crippen molar-refractivity contribution in [3.05, 3.63) is 11.6 Å². The smallest absolute Gasteiger partial charge is 0.316 e. The molecule has 0 saturated heterocycles. The third-order valence-electron chi connectivity index (χ3n) is 8.81. The lowest BCUT2D eigenvalue weighted by Gasteiger charge is -2.58. The molecule has 3 fully saturated rings. The van der Waals surface area contributed by atoms with Crippen molar-refractivity contribution in [2.75, 3.05) is 21.0 Å². The molecule has 5 heteroatoms. The lowest BCUT2D eigenvalue weighted by Crippen LogP contribution is -2.53. The first-order chi connectivity index (χ1) is 13.3. The molecule has 156 valence electrons. The van der Waals surface area contributed by atoms with Gasteiger partial charge in [0.15, 0.2) is 5.78 Å². The molecule has 7 atom stereocenters. The summed E-state index contributed by atoms with van der Waals surface area (Å²) in [6, 6.07) is 0. The van der Waals surface area contributed by atoms with Gasteiger partial charge in [0, 0.05) is 7.11 Å². The van der Waals surface area contributed by atoms with Crippen LogP contribution < -0.4 is 0 Å². The molecule has 0 N–H and O–H groups in total. The second-order valence-electron chi connectivity index (χ2n) is 9.87. The van der Waals surface area contributed by atoms with Crippen LogP contribution >= 0.6 is 0 Å². The minimum absolute atomic E-state index is 0.0627. The highest BCUT2D eigenvalue weighted by Gasteiger charge is 2.60. The number of hydrogen-bond donors (Lipinski definition) is 0. The average Bonchev–Trinajstić information content (AvgIpc) is 3.02. The van der Waals surface area contributed by atoms with Crippen LogP contribution in [-0.4, -0.2) is 38.9 Å². The fourth-order valence-electron chi connectivity index (χ4n) is 7.36. The number of hydrogen-bond acceptors (Lipinski definition) is 5. The minimum atomic E-state index is -0.632. The van der Waals surface area contributed by atoms with E-state index in [0.717, 1.165) is 32.1 Å². The largest absolute Gasteiger partial charge is 0.468 e. The Labute approximate surface area is 168 Å². The number of rotatable bonds is 4. The Bertz CT molecular complexity index is 684. The molecule has 0 amide bonds. The molecule has 0 radical (unpaired) electrons. The van der Waals surface area contributed by atoms with Crippen molar-refractivity contribution < 1.29 is 23.8 Å². The number of ketones is 1. The van der Waals surface area contributed by atoms with Crippen LogP contribution in [0, 0.1) is 34.5 Å². The highest BCUT2D eigenvalue weighted by Crippen LogP contribution is 2.66. The molecule has 4 aliphatic rings. The molecule has 0 aromatic heterocycles. The molecule has 3 saturated carbocycles. The van der Waals surface area contributed by atoms with E-state index < -0.39 is 5.92 Å². The van der Waals surface area contributed by atoms with E-state index in [1.54, 1.807) is 13.2 Å². The summed E-state index contributed by atoms with van der Waals surface area (Å²) < 4.78 is 16.2. The fourth-order valence-corrected chi connectivity index (χ4v) is 7.36. The maximum Gasteiger partial charge on any atom is 0.316 e. The van der Waals surface area contributed by atoms with Crippen LogP contribution in [0.5, 0.6) is 0 Å². The SMILES string of the molecule is COCO[C@H]1CC[C@H]2[C@@H]3CCC4=CC(=O)[C@H](C(=O)OC)C[C@]4(C)[C@H]3CC[C@]12C. The van der Waals surface area contributed by atoms with Crippen LogP contribution in [0.25, 0.3) is 0 Å². The van der Waals surface area contributed by atoms with Gasteiger partial charge >= 0.3 is 5.97 Å². The van der Waals surface area contributed by atoms with E-state index in [1.165, 1.54) is 19.1 Å². The number of allylic oxidation sites excluding steroid dienone is 1. The summed E-state index contributed by atoms with van der Waals surface area (Å²) in [7, 11) is 3.06. The van der Waals surface area contributed by atoms with E-state index in [2.05, 4.69) is 13.8 Å². The molecule has 0 spiro atoms. The molecule has 0 aromatic carbocycles. The number of fused-ring (bicyclic) bond motifs is 5. The zero-order valence-electron chi connectivity index (χ0n) is 17.7. The molecular weight excluding hydrogens is 356 g/mol. The van der Waals surface area contributed by atoms with Crippen molar-refractivity contribution in [2.45, 2.75) is 64.9 Å². The van der Waals surface area contributed by atoms with E-state index in [-0.39, 0.29) is 28.7 Å². The van der Waals surface area contributed by atoms with Gasteiger partial charge < -0.3 is 14.2 Å². The highest BCUT2D eigenvalue weighted by molar-refractivity contribution is 6.06. The molecule has 4 rings (SSSR count). The van der Waals surface area contributed by atoms with Gasteiger partial charge in [0.1, 0.15) is 12.7 Å². The fraction of sp³-hybridized carbons (Fsp3) is 0.826. The Balaban J connectivity index is 1.60. The Morgan fingerprint density at radius 3 is 2.64 bits per heavy atom. The van der Waals surface area contributed by atoms with Gasteiger partial charge in [-0.3, -0.25) is 9.59 Å². The third-order valence-corrected chi connectivity index (χ3v) is 8.81. The third kappa shape index (κ3) is 2.88. The van der Waals surface area contributed by atoms with Gasteiger partial charge in [0.25, 0.3) is 0 Å². The number of carbonyl (C=O) groups excluding carboxylic acids is 2. The molecule has 0 aliphatic heterocycles. The lowest BCUT2D eigenvalue weighted by atomic mass is 9.46. The summed E-state index contributed by atoms with van der Waals surface area (Å²) in [5, 5.41) is 0. The quantitative estimate of drug-likeness (QED) is 0.414. The van der Waals surface area contributed by atoms with Crippen molar-refractivity contribution in [1.82, 2.24) is 0 Å². The summed E-state index contributed by atoms with van der Waals surface area (Å²) >= 11 is 0. The van der Waals surface area contributed by atoms with E-state index in [1.807, 2.05) is 0 Å². The summed E-state index contributed by atoms with van der Waals surface area (Å²) in [6.45, 7) is 5.08. The second-order valence-corrected chi connectivity index (χ2v) is 9.87. The van der Waals surface area contributed by atoms with Gasteiger partial charge in [-0.2, -0.15) is 0 Å². The molecule has 0 heterocycles. The molecule has 0 unspecified atom stereocenters. The van der Waals surface area contributed by atoms with Crippen molar-refractivity contribution in [3.63, 3.8) is 0 Å². The van der Waals surface area contributed by atoms with Crippen LogP contribution in [0.1, 0.15) is 58.8 Å². The number of methoxy groups -OCH3 is 2. The second kappa shape index (κ2) is 7.24. The van der Waals surface area contributed by atoms with Gasteiger partial charge in [0.2, 0.25) is 0 Å². The van der Waals surface area contributed by atoms with Crippen molar-refractivity contribution in [2.24, 2.45) is 34.5 Å². The van der Waals surface area contributed by atoms with E-state index >= 15 is 0 Å². The van der Waals surface area contributed by atoms with Gasteiger partial charge in [-0.05, 0) is 79.6 Å². The number of ether oxygens (including phenoxy) is 3. The molecule has 0 bridgehead atoms. The summed E-state index contributed by atoms with van der Waals surface area (Å²) in [5.74, 6) is 0.758. The average molecular weight is 391 g/mol. The molecular formula is C23H34O5. The maximum absolute atomic E-state index is 12.5. The van der Waals surface area contributed by atoms with Crippen LogP contribution in [0.3, 0.4) is 0 Å². The van der Waals surface area contributed by atoms with Crippen LogP contribution in [0.15, 0.2) is 11.6 Å². The molecule has 5 nitrogen and oxygen atoms in total. The van der Waals surface area contributed by atoms with Crippen LogP contribution in [-0.2, 0) is 23.8 Å². The Morgan fingerprint density at radius 1 is 1.14 bits per heavy atom. The van der Waals surface area contributed by atoms with Crippen LogP contribution in [0.4, 0.5) is 0 Å². The monoisotopic (exact) mass is 390 g/mol. The van der Waals surface area contributed by atoms with Gasteiger partial charge in [-0.25, -0.2) is 0 Å². The van der Waals surface area contributed by atoms with Gasteiger partial charge in [-0.15, -0.1) is 0 Å². The number of carbonyl (C=O) groups is 2. The standard InChI is InChI=1S/C23H34O5/c1-22-10-9-18-15(17(22)7-8-20(22)28-13-26-3)6-5-14-11-19(24)16(21(25)27-4)12-23(14,18)2/h11,15-18,20H,5-10,12-13H2,1-4H3/t15-,16+,17-,18-,20-,22-,23-/m0/s1. The normalized spacial score (nSPS) is 44.9. The van der Waals surface area contributed by atoms with Crippen molar-refractivity contribution >= 4 is 11.8 Å². The number of esters is 1. The maximum atomic E-state index is 12.5. The zero-order valence-corrected chi connectivity index (χ0v) is 17.7. The van der Waals surface area contributed by atoms with Gasteiger partial charge in [-0.1, -0.05) is 19.4 Å². The minimum Gasteiger partial charge on any atom is -0.468 e. The lowest BCUT2D eigenvalue weighted by molar-refractivity contribution is -0.153. The first kappa shape index (κ1) is 20.1. The summed E-state index contributed by atoms with van der Waals surface area (Å²) in [4.78, 5) is 24.8. The Morgan fingerprint density at radius 2 is 1.93 bits per heavy atom. The predicted octanol–water partition coefficient (Wildman–Crippen LogP) is 3.91.